The van der Waals surface area contributed by atoms with Crippen molar-refractivity contribution in [3.8, 4) is 11.5 Å². The monoisotopic (exact) mass is 443 g/mol. The summed E-state index contributed by atoms with van der Waals surface area (Å²) in [4.78, 5) is 26.7. The molecule has 0 bridgehead atoms. The molecule has 168 valence electrons. The number of methoxy groups -OCH3 is 1. The molecule has 1 heterocycles. The van der Waals surface area contributed by atoms with E-state index >= 15 is 0 Å². The minimum Gasteiger partial charge on any atom is -0.493 e. The molecule has 0 saturated carbocycles. The van der Waals surface area contributed by atoms with Gasteiger partial charge in [0.25, 0.3) is 5.91 Å². The van der Waals surface area contributed by atoms with Gasteiger partial charge in [0.1, 0.15) is 19.3 Å². The topological polar surface area (TPSA) is 65.1 Å². The van der Waals surface area contributed by atoms with Crippen LogP contribution in [0, 0.1) is 0 Å². The average Bonchev–Trinajstić information content (AvgIpc) is 3.24. The number of ether oxygens (including phenoxy) is 3. The van der Waals surface area contributed by atoms with Gasteiger partial charge in [0.15, 0.2) is 11.5 Å². The number of imide groups is 1. The summed E-state index contributed by atoms with van der Waals surface area (Å²) < 4.78 is 16.6. The van der Waals surface area contributed by atoms with E-state index in [0.29, 0.717) is 23.7 Å². The van der Waals surface area contributed by atoms with E-state index in [4.69, 9.17) is 14.2 Å². The van der Waals surface area contributed by atoms with Gasteiger partial charge in [0, 0.05) is 5.57 Å². The quantitative estimate of drug-likeness (QED) is 0.458. The molecule has 0 aliphatic carbocycles. The third-order valence-corrected chi connectivity index (χ3v) is 5.42. The molecule has 4 rings (SSSR count). The lowest BCUT2D eigenvalue weighted by Crippen LogP contribution is -2.34. The number of benzene rings is 3. The zero-order chi connectivity index (χ0) is 23.2. The van der Waals surface area contributed by atoms with Gasteiger partial charge in [-0.3, -0.25) is 4.79 Å². The molecule has 1 aliphatic rings. The second kappa shape index (κ2) is 10.0. The average molecular weight is 443 g/mol. The van der Waals surface area contributed by atoms with Gasteiger partial charge in [0.05, 0.1) is 7.11 Å². The maximum atomic E-state index is 13.2. The lowest BCUT2D eigenvalue weighted by atomic mass is 10.1. The minimum atomic E-state index is -0.636. The lowest BCUT2D eigenvalue weighted by molar-refractivity contribution is -0.125. The van der Waals surface area contributed by atoms with E-state index in [1.807, 2.05) is 72.8 Å². The molecule has 0 aromatic heterocycles. The van der Waals surface area contributed by atoms with Gasteiger partial charge in [-0.15, -0.1) is 0 Å². The van der Waals surface area contributed by atoms with Gasteiger partial charge in [-0.25, -0.2) is 9.69 Å². The Bertz CT molecular complexity index is 1160. The van der Waals surface area contributed by atoms with Gasteiger partial charge in [-0.05, 0) is 41.8 Å². The van der Waals surface area contributed by atoms with Crippen LogP contribution in [0.4, 0.5) is 4.79 Å². The molecule has 0 N–H and O–H groups in total. The first kappa shape index (κ1) is 22.1. The zero-order valence-corrected chi connectivity index (χ0v) is 18.6. The number of rotatable bonds is 7. The van der Waals surface area contributed by atoms with Crippen LogP contribution in [0.2, 0.25) is 0 Å². The fraction of sp³-hybridized carbons (Fsp3) is 0.185. The molecule has 1 aliphatic heterocycles. The van der Waals surface area contributed by atoms with Gasteiger partial charge in [0.2, 0.25) is 0 Å². The van der Waals surface area contributed by atoms with Crippen LogP contribution in [0.25, 0.3) is 6.08 Å². The highest BCUT2D eigenvalue weighted by Gasteiger charge is 2.39. The Balaban J connectivity index is 1.55. The fourth-order valence-corrected chi connectivity index (χ4v) is 3.70. The summed E-state index contributed by atoms with van der Waals surface area (Å²) in [6.45, 7) is 2.22. The maximum absolute atomic E-state index is 13.2. The van der Waals surface area contributed by atoms with Crippen molar-refractivity contribution in [1.29, 1.82) is 0 Å². The predicted molar refractivity (Wildman–Crippen MR) is 125 cm³/mol. The first-order valence-electron chi connectivity index (χ1n) is 10.6. The first-order chi connectivity index (χ1) is 16.1. The second-order valence-corrected chi connectivity index (χ2v) is 7.69. The second-order valence-electron chi connectivity index (χ2n) is 7.69. The summed E-state index contributed by atoms with van der Waals surface area (Å²) in [5.41, 5.74) is 3.05. The summed E-state index contributed by atoms with van der Waals surface area (Å²) in [5.74, 6) is 0.770. The molecule has 0 unspecified atom stereocenters. The van der Waals surface area contributed by atoms with E-state index in [9.17, 15) is 9.59 Å². The summed E-state index contributed by atoms with van der Waals surface area (Å²) in [5, 5.41) is 0. The molecule has 33 heavy (non-hydrogen) atoms. The number of cyclic esters (lactones) is 1. The molecular weight excluding hydrogens is 418 g/mol. The van der Waals surface area contributed by atoms with E-state index in [1.54, 1.807) is 26.2 Å². The van der Waals surface area contributed by atoms with Crippen molar-refractivity contribution >= 4 is 18.1 Å². The van der Waals surface area contributed by atoms with Crippen molar-refractivity contribution in [1.82, 2.24) is 4.90 Å². The van der Waals surface area contributed by atoms with Crippen LogP contribution in [-0.4, -0.2) is 30.6 Å². The Morgan fingerprint density at radius 1 is 1.03 bits per heavy atom. The zero-order valence-electron chi connectivity index (χ0n) is 18.6. The smallest absolute Gasteiger partial charge is 0.417 e. The number of carbonyl (C=O) groups excluding carboxylic acids is 2. The Kier molecular flexibility index (Phi) is 6.74. The van der Waals surface area contributed by atoms with Crippen LogP contribution in [0.3, 0.4) is 0 Å². The number of amides is 2. The van der Waals surface area contributed by atoms with Crippen molar-refractivity contribution in [2.75, 3.05) is 13.7 Å². The van der Waals surface area contributed by atoms with Crippen molar-refractivity contribution in [3.05, 3.63) is 101 Å². The largest absolute Gasteiger partial charge is 0.493 e. The van der Waals surface area contributed by atoms with Crippen molar-refractivity contribution in [2.24, 2.45) is 0 Å². The Labute approximate surface area is 193 Å². The highest BCUT2D eigenvalue weighted by molar-refractivity contribution is 6.05. The summed E-state index contributed by atoms with van der Waals surface area (Å²) in [6, 6.07) is 24.2. The standard InChI is InChI=1S/C27H25NO5/c1-19(26(29)28-23(18-33-27(28)30)22-11-7-4-8-12-22)15-21-13-14-24(31-2)25(16-21)32-17-20-9-5-3-6-10-20/h3-16,23H,17-18H2,1-2H3/t23-/m0/s1. The number of hydrogen-bond donors (Lipinski definition) is 0. The van der Waals surface area contributed by atoms with Crippen molar-refractivity contribution in [3.63, 3.8) is 0 Å². The van der Waals surface area contributed by atoms with E-state index in [1.165, 1.54) is 4.90 Å². The molecule has 0 radical (unpaired) electrons. The van der Waals surface area contributed by atoms with Gasteiger partial charge in [-0.2, -0.15) is 0 Å². The fourth-order valence-electron chi connectivity index (χ4n) is 3.70. The molecule has 6 nitrogen and oxygen atoms in total. The van der Waals surface area contributed by atoms with Crippen molar-refractivity contribution < 1.29 is 23.8 Å². The molecule has 2 amide bonds. The maximum Gasteiger partial charge on any atom is 0.417 e. The molecule has 1 fully saturated rings. The Hall–Kier alpha value is -4.06. The summed E-state index contributed by atoms with van der Waals surface area (Å²) >= 11 is 0. The third-order valence-electron chi connectivity index (χ3n) is 5.42. The van der Waals surface area contributed by atoms with Crippen LogP contribution in [0.15, 0.2) is 84.4 Å². The predicted octanol–water partition coefficient (Wildman–Crippen LogP) is 5.40. The first-order valence-corrected chi connectivity index (χ1v) is 10.6. The number of nitrogens with zero attached hydrogens (tertiary/aromatic N) is 1. The molecule has 6 heteroatoms. The molecule has 1 saturated heterocycles. The summed E-state index contributed by atoms with van der Waals surface area (Å²) in [7, 11) is 1.58. The molecule has 3 aromatic carbocycles. The van der Waals surface area contributed by atoms with E-state index in [0.717, 1.165) is 16.7 Å². The van der Waals surface area contributed by atoms with Crippen LogP contribution < -0.4 is 9.47 Å². The molecule has 3 aromatic rings. The number of hydrogen-bond acceptors (Lipinski definition) is 5. The van der Waals surface area contributed by atoms with Crippen LogP contribution in [-0.2, 0) is 16.1 Å². The van der Waals surface area contributed by atoms with Crippen LogP contribution in [0.1, 0.15) is 29.7 Å². The number of carbonyl (C=O) groups is 2. The SMILES string of the molecule is COc1ccc(C=C(C)C(=O)N2C(=O)OC[C@H]2c2ccccc2)cc1OCc1ccccc1. The molecule has 0 spiro atoms. The van der Waals surface area contributed by atoms with Crippen molar-refractivity contribution in [2.45, 2.75) is 19.6 Å². The van der Waals surface area contributed by atoms with Crippen LogP contribution in [0.5, 0.6) is 11.5 Å². The van der Waals surface area contributed by atoms with E-state index in [-0.39, 0.29) is 6.61 Å². The Morgan fingerprint density at radius 2 is 1.73 bits per heavy atom. The van der Waals surface area contributed by atoms with Gasteiger partial charge < -0.3 is 14.2 Å². The summed E-state index contributed by atoms with van der Waals surface area (Å²) in [6.07, 6.45) is 1.09. The van der Waals surface area contributed by atoms with Gasteiger partial charge in [-0.1, -0.05) is 66.7 Å². The minimum absolute atomic E-state index is 0.141. The lowest BCUT2D eigenvalue weighted by Gasteiger charge is -2.20. The van der Waals surface area contributed by atoms with Gasteiger partial charge >= 0.3 is 6.09 Å². The third kappa shape index (κ3) is 5.06. The normalized spacial score (nSPS) is 15.8. The highest BCUT2D eigenvalue weighted by Crippen LogP contribution is 2.32. The van der Waals surface area contributed by atoms with E-state index in [2.05, 4.69) is 0 Å². The van der Waals surface area contributed by atoms with Crippen LogP contribution >= 0.6 is 0 Å². The molecule has 1 atom stereocenters. The van der Waals surface area contributed by atoms with E-state index < -0.39 is 18.0 Å². The highest BCUT2D eigenvalue weighted by atomic mass is 16.6. The Morgan fingerprint density at radius 3 is 2.42 bits per heavy atom. The molecular formula is C27H25NO5.